The van der Waals surface area contributed by atoms with Gasteiger partial charge in [0.05, 0.1) is 22.2 Å². The maximum Gasteiger partial charge on any atom is 0.354 e. The summed E-state index contributed by atoms with van der Waals surface area (Å²) in [5.74, 6) is 0.737. The van der Waals surface area contributed by atoms with E-state index < -0.39 is 11.5 Å². The number of aryl methyl sites for hydroxylation is 1. The number of halogens is 2. The van der Waals surface area contributed by atoms with Gasteiger partial charge in [-0.3, -0.25) is 9.56 Å². The minimum absolute atomic E-state index is 0.00424. The molecule has 1 aliphatic heterocycles. The zero-order valence-electron chi connectivity index (χ0n) is 25.5. The number of hydrogen-bond acceptors (Lipinski definition) is 4. The summed E-state index contributed by atoms with van der Waals surface area (Å²) < 4.78 is 16.7. The lowest BCUT2D eigenvalue weighted by Crippen LogP contribution is -2.48. The molecule has 2 aromatic heterocycles. The van der Waals surface area contributed by atoms with Gasteiger partial charge in [-0.2, -0.15) is 4.98 Å². The van der Waals surface area contributed by atoms with E-state index in [9.17, 15) is 4.79 Å². The van der Waals surface area contributed by atoms with Gasteiger partial charge in [0.1, 0.15) is 5.65 Å². The number of nitrogens with zero attached hydrogens (tertiary/aromatic N) is 3. The fraction of sp³-hybridized carbons (Fsp3) is 0.441. The first-order chi connectivity index (χ1) is 20.5. The number of aliphatic imine (C=N–C) groups is 1. The second-order valence-corrected chi connectivity index (χ2v) is 13.0. The first-order valence-corrected chi connectivity index (χ1v) is 15.6. The van der Waals surface area contributed by atoms with Gasteiger partial charge in [0.25, 0.3) is 0 Å². The zero-order valence-corrected chi connectivity index (χ0v) is 26.3. The van der Waals surface area contributed by atoms with Crippen LogP contribution in [-0.4, -0.2) is 32.5 Å². The van der Waals surface area contributed by atoms with Crippen LogP contribution in [0.1, 0.15) is 83.4 Å². The standard InChI is InChI=1S/C34H42ClFN6O/c1-21(2)7-5-8-23-17-27(31(36)28(35)18-23)30-19-25-20-42(33(43)40-32(25)39-30)26-12-10-24(11-13-26)29-9-6-14-34(4,41-29)15-16-38-22(3)37/h10-13,17-21,29,41H,5-9,14-16H2,1-4H3,(H2,37,38)(H,39,40,43). The second-order valence-electron chi connectivity index (χ2n) is 12.6. The topological polar surface area (TPSA) is 101 Å². The molecule has 0 saturated carbocycles. The summed E-state index contributed by atoms with van der Waals surface area (Å²) in [6, 6.07) is 13.6. The number of benzene rings is 2. The lowest BCUT2D eigenvalue weighted by Gasteiger charge is -2.40. The Morgan fingerprint density at radius 1 is 1.26 bits per heavy atom. The van der Waals surface area contributed by atoms with Crippen molar-refractivity contribution in [1.82, 2.24) is 19.9 Å². The number of rotatable bonds is 10. The number of aromatic nitrogens is 3. The van der Waals surface area contributed by atoms with E-state index in [2.05, 4.69) is 53.2 Å². The number of nitrogens with one attached hydrogen (secondary N) is 2. The van der Waals surface area contributed by atoms with Gasteiger partial charge in [-0.1, -0.05) is 44.0 Å². The summed E-state index contributed by atoms with van der Waals surface area (Å²) >= 11 is 6.28. The summed E-state index contributed by atoms with van der Waals surface area (Å²) in [5, 5.41) is 4.63. The highest BCUT2D eigenvalue weighted by Crippen LogP contribution is 2.34. The van der Waals surface area contributed by atoms with Gasteiger partial charge >= 0.3 is 5.69 Å². The number of piperidine rings is 1. The second kappa shape index (κ2) is 13.0. The number of hydrogen-bond donors (Lipinski definition) is 3. The Bertz CT molecular complexity index is 1670. The lowest BCUT2D eigenvalue weighted by atomic mass is 9.83. The minimum Gasteiger partial charge on any atom is -0.388 e. The van der Waals surface area contributed by atoms with Crippen LogP contribution in [0.15, 0.2) is 58.4 Å². The van der Waals surface area contributed by atoms with Gasteiger partial charge in [0.15, 0.2) is 5.82 Å². The van der Waals surface area contributed by atoms with Crippen molar-refractivity contribution in [3.8, 4) is 16.9 Å². The minimum atomic E-state index is -0.485. The molecule has 4 N–H and O–H groups in total. The third-order valence-electron chi connectivity index (χ3n) is 8.48. The van der Waals surface area contributed by atoms with Crippen molar-refractivity contribution in [3.05, 3.63) is 81.1 Å². The Morgan fingerprint density at radius 2 is 2.02 bits per heavy atom. The molecule has 0 amide bonds. The van der Waals surface area contributed by atoms with Crippen molar-refractivity contribution in [1.29, 1.82) is 0 Å². The van der Waals surface area contributed by atoms with E-state index in [4.69, 9.17) is 17.3 Å². The van der Waals surface area contributed by atoms with Crippen LogP contribution in [-0.2, 0) is 6.42 Å². The molecule has 1 fully saturated rings. The molecule has 4 aromatic rings. The lowest BCUT2D eigenvalue weighted by molar-refractivity contribution is 0.215. The molecular formula is C34H42ClFN6O. The molecule has 2 unspecified atom stereocenters. The SMILES string of the molecule is CC(N)=NCCC1(C)CCCC(c2ccc(-n3cc4cc(-c5cc(CCCC(C)C)cc(Cl)c5F)[nH]c4nc3=O)cc2)N1. The molecule has 3 heterocycles. The zero-order chi connectivity index (χ0) is 30.7. The van der Waals surface area contributed by atoms with Crippen LogP contribution < -0.4 is 16.7 Å². The highest BCUT2D eigenvalue weighted by molar-refractivity contribution is 6.31. The number of H-pyrrole nitrogens is 1. The van der Waals surface area contributed by atoms with E-state index in [1.807, 2.05) is 31.2 Å². The number of fused-ring (bicyclic) bond motifs is 1. The van der Waals surface area contributed by atoms with Gasteiger partial charge in [0.2, 0.25) is 0 Å². The summed E-state index contributed by atoms with van der Waals surface area (Å²) in [7, 11) is 0. The Labute approximate surface area is 257 Å². The molecule has 0 spiro atoms. The molecule has 5 rings (SSSR count). The molecule has 7 nitrogen and oxygen atoms in total. The van der Waals surface area contributed by atoms with Crippen molar-refractivity contribution in [2.45, 2.75) is 84.2 Å². The van der Waals surface area contributed by atoms with Gasteiger partial charge in [-0.05, 0) is 99.7 Å². The van der Waals surface area contributed by atoms with Crippen LogP contribution >= 0.6 is 11.6 Å². The molecule has 0 bridgehead atoms. The maximum absolute atomic E-state index is 15.1. The molecule has 9 heteroatoms. The molecule has 0 aliphatic carbocycles. The van der Waals surface area contributed by atoms with Crippen molar-refractivity contribution in [2.24, 2.45) is 16.6 Å². The predicted molar refractivity (Wildman–Crippen MR) is 175 cm³/mol. The molecule has 43 heavy (non-hydrogen) atoms. The fourth-order valence-electron chi connectivity index (χ4n) is 6.08. The number of nitrogens with two attached hydrogens (primary N) is 1. The van der Waals surface area contributed by atoms with Gasteiger partial charge < -0.3 is 16.0 Å². The van der Waals surface area contributed by atoms with E-state index in [1.54, 1.807) is 12.3 Å². The monoisotopic (exact) mass is 604 g/mol. The van der Waals surface area contributed by atoms with Crippen LogP contribution in [0.2, 0.25) is 5.02 Å². The van der Waals surface area contributed by atoms with Crippen molar-refractivity contribution in [3.63, 3.8) is 0 Å². The summed E-state index contributed by atoms with van der Waals surface area (Å²) in [6.07, 6.45) is 8.87. The molecule has 0 radical (unpaired) electrons. The molecule has 1 aliphatic rings. The Hall–Kier alpha value is -3.49. The number of amidine groups is 1. The largest absolute Gasteiger partial charge is 0.388 e. The van der Waals surface area contributed by atoms with Crippen LogP contribution in [0.3, 0.4) is 0 Å². The van der Waals surface area contributed by atoms with Crippen molar-refractivity contribution >= 4 is 28.5 Å². The molecule has 2 atom stereocenters. The predicted octanol–water partition coefficient (Wildman–Crippen LogP) is 7.49. The van der Waals surface area contributed by atoms with Gasteiger partial charge in [-0.15, -0.1) is 0 Å². The number of aromatic amines is 1. The van der Waals surface area contributed by atoms with Crippen LogP contribution in [0.5, 0.6) is 0 Å². The smallest absolute Gasteiger partial charge is 0.354 e. The van der Waals surface area contributed by atoms with Crippen LogP contribution in [0.4, 0.5) is 4.39 Å². The van der Waals surface area contributed by atoms with E-state index in [-0.39, 0.29) is 16.6 Å². The summed E-state index contributed by atoms with van der Waals surface area (Å²) in [4.78, 5) is 24.8. The Balaban J connectivity index is 1.37. The molecular weight excluding hydrogens is 563 g/mol. The van der Waals surface area contributed by atoms with Crippen LogP contribution in [0.25, 0.3) is 28.0 Å². The summed E-state index contributed by atoms with van der Waals surface area (Å²) in [6.45, 7) is 9.16. The fourth-order valence-corrected chi connectivity index (χ4v) is 6.32. The van der Waals surface area contributed by atoms with Crippen molar-refractivity contribution < 1.29 is 4.39 Å². The molecule has 1 saturated heterocycles. The molecule has 228 valence electrons. The normalized spacial score (nSPS) is 19.4. The van der Waals surface area contributed by atoms with Gasteiger partial charge in [-0.25, -0.2) is 9.18 Å². The average Bonchev–Trinajstić information content (AvgIpc) is 3.36. The Kier molecular flexibility index (Phi) is 9.37. The van der Waals surface area contributed by atoms with E-state index in [0.29, 0.717) is 40.6 Å². The van der Waals surface area contributed by atoms with Gasteiger partial charge in [0, 0.05) is 35.3 Å². The Morgan fingerprint density at radius 3 is 2.74 bits per heavy atom. The third kappa shape index (κ3) is 7.36. The highest BCUT2D eigenvalue weighted by Gasteiger charge is 2.31. The average molecular weight is 605 g/mol. The van der Waals surface area contributed by atoms with Crippen LogP contribution in [0, 0.1) is 11.7 Å². The van der Waals surface area contributed by atoms with E-state index in [1.165, 1.54) is 10.1 Å². The highest BCUT2D eigenvalue weighted by atomic mass is 35.5. The molecule has 2 aromatic carbocycles. The van der Waals surface area contributed by atoms with Crippen molar-refractivity contribution in [2.75, 3.05) is 6.54 Å². The van der Waals surface area contributed by atoms with E-state index in [0.717, 1.165) is 56.2 Å². The van der Waals surface area contributed by atoms with E-state index >= 15 is 4.39 Å². The first-order valence-electron chi connectivity index (χ1n) is 15.3. The maximum atomic E-state index is 15.1. The summed E-state index contributed by atoms with van der Waals surface area (Å²) in [5.41, 5.74) is 9.52. The third-order valence-corrected chi connectivity index (χ3v) is 8.75. The first kappa shape index (κ1) is 31.0. The quantitative estimate of drug-likeness (QED) is 0.129.